The van der Waals surface area contributed by atoms with Gasteiger partial charge in [0, 0.05) is 33.9 Å². The topological polar surface area (TPSA) is 110 Å². The first kappa shape index (κ1) is 25.6. The number of amides is 1. The van der Waals surface area contributed by atoms with Crippen LogP contribution in [0.1, 0.15) is 35.3 Å². The molecule has 0 aliphatic heterocycles. The summed E-state index contributed by atoms with van der Waals surface area (Å²) in [6.07, 6.45) is 2.35. The molecule has 4 rings (SSSR count). The Morgan fingerprint density at radius 3 is 2.39 bits per heavy atom. The van der Waals surface area contributed by atoms with Crippen LogP contribution in [0.3, 0.4) is 0 Å². The highest BCUT2D eigenvalue weighted by Crippen LogP contribution is 2.39. The van der Waals surface area contributed by atoms with Gasteiger partial charge in [0.15, 0.2) is 0 Å². The number of furan rings is 1. The van der Waals surface area contributed by atoms with Crippen molar-refractivity contribution in [2.75, 3.05) is 12.0 Å². The summed E-state index contributed by atoms with van der Waals surface area (Å²) in [6, 6.07) is 11.0. The van der Waals surface area contributed by atoms with Crippen molar-refractivity contribution in [3.05, 3.63) is 69.3 Å². The van der Waals surface area contributed by atoms with Crippen molar-refractivity contribution in [1.29, 1.82) is 0 Å². The quantitative estimate of drug-likeness (QED) is 0.292. The highest BCUT2D eigenvalue weighted by Gasteiger charge is 2.22. The van der Waals surface area contributed by atoms with E-state index in [0.29, 0.717) is 28.9 Å². The summed E-state index contributed by atoms with van der Waals surface area (Å²) in [6.45, 7) is 5.65. The van der Waals surface area contributed by atoms with Crippen LogP contribution < -0.4 is 10.9 Å². The van der Waals surface area contributed by atoms with Crippen LogP contribution in [0.4, 0.5) is 0 Å². The molecule has 0 radical (unpaired) electrons. The summed E-state index contributed by atoms with van der Waals surface area (Å²) < 4.78 is 11.8. The molecule has 0 bridgehead atoms. The number of carbonyl (C=O) groups excluding carboxylic acids is 1. The van der Waals surface area contributed by atoms with Crippen LogP contribution in [0.25, 0.3) is 33.1 Å². The molecule has 4 aromatic rings. The Bertz CT molecular complexity index is 1500. The lowest BCUT2D eigenvalue weighted by atomic mass is 9.96. The van der Waals surface area contributed by atoms with Gasteiger partial charge in [-0.1, -0.05) is 30.3 Å². The monoisotopic (exact) mass is 507 g/mol. The molecule has 2 aromatic carbocycles. The Hall–Kier alpha value is -3.52. The average molecular weight is 508 g/mol. The Morgan fingerprint density at radius 1 is 1.03 bits per heavy atom. The van der Waals surface area contributed by atoms with E-state index >= 15 is 0 Å². The van der Waals surface area contributed by atoms with Gasteiger partial charge in [0.25, 0.3) is 0 Å². The van der Waals surface area contributed by atoms with Crippen molar-refractivity contribution < 1.29 is 23.5 Å². The van der Waals surface area contributed by atoms with Gasteiger partial charge in [-0.05, 0) is 62.8 Å². The minimum absolute atomic E-state index is 0.0124. The van der Waals surface area contributed by atoms with E-state index in [1.807, 2.05) is 63.4 Å². The molecule has 0 aliphatic rings. The standard InChI is InChI=1S/C28H29NO6S/c1-15-19(10-11-23(30)29-22(27(31)32)12-13-36-4)28(33)35-25-16(2)26-21(14-20(15)25)24(17(3)34-26)18-8-6-5-7-9-18/h5-9,14,22H,10-13H2,1-4H3,(H,29,30)(H,31,32). The highest BCUT2D eigenvalue weighted by molar-refractivity contribution is 7.98. The van der Waals surface area contributed by atoms with E-state index in [-0.39, 0.29) is 12.8 Å². The van der Waals surface area contributed by atoms with Gasteiger partial charge in [-0.15, -0.1) is 0 Å². The molecule has 0 saturated carbocycles. The number of hydrogen-bond donors (Lipinski definition) is 2. The minimum atomic E-state index is -1.07. The van der Waals surface area contributed by atoms with Crippen LogP contribution in [0.5, 0.6) is 0 Å². The first-order valence-electron chi connectivity index (χ1n) is 11.8. The van der Waals surface area contributed by atoms with E-state index in [9.17, 15) is 19.5 Å². The van der Waals surface area contributed by atoms with Crippen molar-refractivity contribution in [3.8, 4) is 11.1 Å². The van der Waals surface area contributed by atoms with Crippen LogP contribution in [0.2, 0.25) is 0 Å². The molecule has 2 aromatic heterocycles. The molecule has 2 N–H and O–H groups in total. The number of carboxylic acids is 1. The van der Waals surface area contributed by atoms with Crippen molar-refractivity contribution in [1.82, 2.24) is 5.32 Å². The van der Waals surface area contributed by atoms with Gasteiger partial charge in [0.2, 0.25) is 5.91 Å². The van der Waals surface area contributed by atoms with E-state index in [1.165, 1.54) is 11.8 Å². The molecular formula is C28H29NO6S. The Kier molecular flexibility index (Phi) is 7.54. The van der Waals surface area contributed by atoms with Crippen LogP contribution in [0, 0.1) is 20.8 Å². The third kappa shape index (κ3) is 4.91. The second kappa shape index (κ2) is 10.6. The van der Waals surface area contributed by atoms with Crippen LogP contribution in [0.15, 0.2) is 50.0 Å². The molecule has 7 nitrogen and oxygen atoms in total. The van der Waals surface area contributed by atoms with Crippen molar-refractivity contribution in [2.45, 2.75) is 46.1 Å². The number of thioether (sulfide) groups is 1. The van der Waals surface area contributed by atoms with E-state index in [2.05, 4.69) is 5.32 Å². The minimum Gasteiger partial charge on any atom is -0.480 e. The smallest absolute Gasteiger partial charge is 0.339 e. The van der Waals surface area contributed by atoms with Crippen LogP contribution >= 0.6 is 11.8 Å². The Morgan fingerprint density at radius 2 is 1.72 bits per heavy atom. The molecule has 0 spiro atoms. The third-order valence-corrected chi connectivity index (χ3v) is 7.19. The molecule has 1 atom stereocenters. The number of aryl methyl sites for hydroxylation is 3. The van der Waals surface area contributed by atoms with E-state index < -0.39 is 23.5 Å². The number of hydrogen-bond acceptors (Lipinski definition) is 6. The molecule has 0 fully saturated rings. The number of benzene rings is 2. The predicted octanol–water partition coefficient (Wildman–Crippen LogP) is 5.39. The van der Waals surface area contributed by atoms with Gasteiger partial charge in [-0.25, -0.2) is 9.59 Å². The van der Waals surface area contributed by atoms with Crippen molar-refractivity contribution in [3.63, 3.8) is 0 Å². The third-order valence-electron chi connectivity index (χ3n) is 6.54. The number of carbonyl (C=O) groups is 2. The first-order chi connectivity index (χ1) is 17.2. The Balaban J connectivity index is 1.70. The predicted molar refractivity (Wildman–Crippen MR) is 143 cm³/mol. The molecule has 1 unspecified atom stereocenters. The number of nitrogens with one attached hydrogen (secondary N) is 1. The van der Waals surface area contributed by atoms with E-state index in [1.54, 1.807) is 0 Å². The molecule has 2 heterocycles. The zero-order valence-electron chi connectivity index (χ0n) is 20.8. The molecular weight excluding hydrogens is 478 g/mol. The fourth-order valence-corrected chi connectivity index (χ4v) is 5.10. The molecule has 1 amide bonds. The lowest BCUT2D eigenvalue weighted by Gasteiger charge is -2.14. The second-order valence-electron chi connectivity index (χ2n) is 8.89. The summed E-state index contributed by atoms with van der Waals surface area (Å²) in [4.78, 5) is 36.8. The van der Waals surface area contributed by atoms with Gasteiger partial charge >= 0.3 is 11.6 Å². The molecule has 36 heavy (non-hydrogen) atoms. The van der Waals surface area contributed by atoms with Gasteiger partial charge in [0.1, 0.15) is 23.0 Å². The maximum atomic E-state index is 12.9. The fraction of sp³-hybridized carbons (Fsp3) is 0.321. The van der Waals surface area contributed by atoms with E-state index in [4.69, 9.17) is 8.83 Å². The Labute approximate surface area is 212 Å². The normalized spacial score (nSPS) is 12.2. The zero-order chi connectivity index (χ0) is 26.0. The second-order valence-corrected chi connectivity index (χ2v) is 9.87. The first-order valence-corrected chi connectivity index (χ1v) is 13.2. The molecule has 0 saturated heterocycles. The van der Waals surface area contributed by atoms with E-state index in [0.717, 1.165) is 38.8 Å². The average Bonchev–Trinajstić information content (AvgIpc) is 3.19. The molecule has 0 aliphatic carbocycles. The lowest BCUT2D eigenvalue weighted by molar-refractivity contribution is -0.141. The maximum absolute atomic E-state index is 12.9. The highest BCUT2D eigenvalue weighted by atomic mass is 32.2. The summed E-state index contributed by atoms with van der Waals surface area (Å²) >= 11 is 1.52. The maximum Gasteiger partial charge on any atom is 0.339 e. The van der Waals surface area contributed by atoms with Crippen LogP contribution in [-0.2, 0) is 16.0 Å². The summed E-state index contributed by atoms with van der Waals surface area (Å²) in [7, 11) is 0. The number of carboxylic acid groups (broad SMARTS) is 1. The zero-order valence-corrected chi connectivity index (χ0v) is 21.6. The van der Waals surface area contributed by atoms with Gasteiger partial charge < -0.3 is 19.3 Å². The fourth-order valence-electron chi connectivity index (χ4n) is 4.62. The van der Waals surface area contributed by atoms with Crippen LogP contribution in [-0.4, -0.2) is 35.0 Å². The largest absolute Gasteiger partial charge is 0.480 e. The number of aliphatic carboxylic acids is 1. The summed E-state index contributed by atoms with van der Waals surface area (Å²) in [5.74, 6) is -0.0774. The summed E-state index contributed by atoms with van der Waals surface area (Å²) in [5.41, 5.74) is 4.58. The molecule has 8 heteroatoms. The van der Waals surface area contributed by atoms with Crippen molar-refractivity contribution in [2.24, 2.45) is 0 Å². The SMILES string of the molecule is CSCCC(NC(=O)CCc1c(C)c2cc3c(-c4ccccc4)c(C)oc3c(C)c2oc1=O)C(=O)O. The van der Waals surface area contributed by atoms with Crippen molar-refractivity contribution >= 4 is 45.6 Å². The lowest BCUT2D eigenvalue weighted by Crippen LogP contribution is -2.41. The molecule has 188 valence electrons. The van der Waals surface area contributed by atoms with Gasteiger partial charge in [-0.3, -0.25) is 4.79 Å². The van der Waals surface area contributed by atoms with Gasteiger partial charge in [-0.2, -0.15) is 11.8 Å². The van der Waals surface area contributed by atoms with Gasteiger partial charge in [0.05, 0.1) is 0 Å². The number of fused-ring (bicyclic) bond motifs is 2. The summed E-state index contributed by atoms with van der Waals surface area (Å²) in [5, 5.41) is 13.6. The number of rotatable bonds is 9.